The maximum atomic E-state index is 12.9. The number of rotatable bonds is 6. The van der Waals surface area contributed by atoms with Gasteiger partial charge in [0.15, 0.2) is 0 Å². The molecule has 1 atom stereocenters. The van der Waals surface area contributed by atoms with E-state index in [1.54, 1.807) is 17.0 Å². The molecule has 2 heterocycles. The number of likely N-dealkylation sites (tertiary alicyclic amines) is 1. The minimum Gasteiger partial charge on any atom is -0.481 e. The van der Waals surface area contributed by atoms with Gasteiger partial charge in [0.1, 0.15) is 6.61 Å². The molecule has 1 aliphatic rings. The summed E-state index contributed by atoms with van der Waals surface area (Å²) in [5.41, 5.74) is 0.590. The molecule has 1 fully saturated rings. The molecule has 2 aromatic rings. The number of carboxylic acid groups (broad SMARTS) is 1. The highest BCUT2D eigenvalue weighted by Gasteiger charge is 2.48. The van der Waals surface area contributed by atoms with E-state index in [4.69, 9.17) is 4.74 Å². The summed E-state index contributed by atoms with van der Waals surface area (Å²) in [4.78, 5) is 30.4. The number of carboxylic acids is 1. The molecule has 1 aliphatic heterocycles. The van der Waals surface area contributed by atoms with Crippen LogP contribution < -0.4 is 4.74 Å². The number of amides is 1. The lowest BCUT2D eigenvalue weighted by molar-refractivity contribution is -0.150. The molecular weight excluding hydrogens is 344 g/mol. The fourth-order valence-corrected chi connectivity index (χ4v) is 3.43. The number of carbonyl (C=O) groups is 2. The summed E-state index contributed by atoms with van der Waals surface area (Å²) in [6, 6.07) is 13.0. The van der Waals surface area contributed by atoms with Crippen LogP contribution in [-0.4, -0.2) is 40.0 Å². The number of hydrogen-bond acceptors (Lipinski definition) is 4. The van der Waals surface area contributed by atoms with E-state index in [0.717, 1.165) is 5.56 Å². The Morgan fingerprint density at radius 1 is 1.26 bits per heavy atom. The van der Waals surface area contributed by atoms with Gasteiger partial charge in [-0.25, -0.2) is 4.98 Å². The van der Waals surface area contributed by atoms with Gasteiger partial charge in [-0.15, -0.1) is 0 Å². The van der Waals surface area contributed by atoms with Gasteiger partial charge >= 0.3 is 5.97 Å². The Morgan fingerprint density at radius 3 is 2.63 bits per heavy atom. The number of aliphatic carboxylic acids is 1. The molecule has 142 valence electrons. The first-order valence-corrected chi connectivity index (χ1v) is 9.08. The lowest BCUT2D eigenvalue weighted by atomic mass is 9.76. The summed E-state index contributed by atoms with van der Waals surface area (Å²) in [6.45, 7) is 4.81. The molecule has 0 aliphatic carbocycles. The van der Waals surface area contributed by atoms with Crippen LogP contribution in [0.25, 0.3) is 0 Å². The Balaban J connectivity index is 1.70. The molecule has 27 heavy (non-hydrogen) atoms. The molecule has 0 saturated carbocycles. The number of aromatic nitrogens is 1. The maximum Gasteiger partial charge on any atom is 0.311 e. The Kier molecular flexibility index (Phi) is 5.44. The van der Waals surface area contributed by atoms with Crippen LogP contribution in [-0.2, 0) is 11.4 Å². The molecule has 1 N–H and O–H groups in total. The van der Waals surface area contributed by atoms with Crippen molar-refractivity contribution < 1.29 is 19.4 Å². The van der Waals surface area contributed by atoms with Crippen molar-refractivity contribution in [3.8, 4) is 5.88 Å². The van der Waals surface area contributed by atoms with Crippen LogP contribution in [0.5, 0.6) is 5.88 Å². The van der Waals surface area contributed by atoms with E-state index in [1.165, 1.54) is 6.20 Å². The molecule has 0 spiro atoms. The first-order valence-electron chi connectivity index (χ1n) is 9.08. The van der Waals surface area contributed by atoms with Gasteiger partial charge in [0, 0.05) is 30.9 Å². The largest absolute Gasteiger partial charge is 0.481 e. The number of ether oxygens (including phenoxy) is 1. The predicted molar refractivity (Wildman–Crippen MR) is 100 cm³/mol. The van der Waals surface area contributed by atoms with Gasteiger partial charge < -0.3 is 14.7 Å². The average Bonchev–Trinajstić information content (AvgIpc) is 3.14. The second-order valence-corrected chi connectivity index (χ2v) is 7.25. The normalized spacial score (nSPS) is 19.3. The van der Waals surface area contributed by atoms with Crippen LogP contribution >= 0.6 is 0 Å². The van der Waals surface area contributed by atoms with Crippen LogP contribution in [0, 0.1) is 11.3 Å². The summed E-state index contributed by atoms with van der Waals surface area (Å²) >= 11 is 0. The van der Waals surface area contributed by atoms with Crippen molar-refractivity contribution in [2.45, 2.75) is 26.9 Å². The zero-order chi connectivity index (χ0) is 19.4. The molecule has 6 heteroatoms. The third kappa shape index (κ3) is 3.94. The zero-order valence-corrected chi connectivity index (χ0v) is 15.6. The molecule has 3 rings (SSSR count). The maximum absolute atomic E-state index is 12.9. The van der Waals surface area contributed by atoms with Crippen molar-refractivity contribution in [3.63, 3.8) is 0 Å². The van der Waals surface area contributed by atoms with Crippen LogP contribution in [0.3, 0.4) is 0 Å². The minimum absolute atomic E-state index is 0.0463. The Labute approximate surface area is 158 Å². The van der Waals surface area contributed by atoms with Crippen molar-refractivity contribution in [1.29, 1.82) is 0 Å². The lowest BCUT2D eigenvalue weighted by Gasteiger charge is -2.28. The topological polar surface area (TPSA) is 79.7 Å². The molecule has 1 aromatic heterocycles. The number of hydrogen-bond donors (Lipinski definition) is 1. The van der Waals surface area contributed by atoms with Crippen LogP contribution in [0.2, 0.25) is 0 Å². The van der Waals surface area contributed by atoms with Gasteiger partial charge in [0.25, 0.3) is 5.91 Å². The molecule has 1 aromatic carbocycles. The third-order valence-corrected chi connectivity index (χ3v) is 5.33. The zero-order valence-electron chi connectivity index (χ0n) is 15.6. The van der Waals surface area contributed by atoms with Crippen molar-refractivity contribution in [2.75, 3.05) is 13.1 Å². The molecule has 1 amide bonds. The van der Waals surface area contributed by atoms with Gasteiger partial charge in [0.2, 0.25) is 5.88 Å². The minimum atomic E-state index is -0.880. The van der Waals surface area contributed by atoms with E-state index in [1.807, 2.05) is 44.2 Å². The van der Waals surface area contributed by atoms with Gasteiger partial charge in [-0.3, -0.25) is 9.59 Å². The molecule has 1 unspecified atom stereocenters. The van der Waals surface area contributed by atoms with E-state index in [9.17, 15) is 14.7 Å². The van der Waals surface area contributed by atoms with Gasteiger partial charge in [-0.2, -0.15) is 0 Å². The first-order chi connectivity index (χ1) is 12.9. The lowest BCUT2D eigenvalue weighted by Crippen LogP contribution is -2.40. The summed E-state index contributed by atoms with van der Waals surface area (Å²) < 4.78 is 5.69. The van der Waals surface area contributed by atoms with Gasteiger partial charge in [-0.05, 0) is 24.0 Å². The highest BCUT2D eigenvalue weighted by Crippen LogP contribution is 2.38. The average molecular weight is 368 g/mol. The first kappa shape index (κ1) is 18.9. The van der Waals surface area contributed by atoms with E-state index in [2.05, 4.69) is 4.98 Å². The monoisotopic (exact) mass is 368 g/mol. The Morgan fingerprint density at radius 2 is 2.00 bits per heavy atom. The summed E-state index contributed by atoms with van der Waals surface area (Å²) in [5.74, 6) is -0.701. The predicted octanol–water partition coefficient (Wildman–Crippen LogP) is 3.23. The van der Waals surface area contributed by atoms with Crippen LogP contribution in [0.4, 0.5) is 0 Å². The smallest absolute Gasteiger partial charge is 0.311 e. The SMILES string of the molecule is CC(C)C1(C(=O)O)CCN(C(=O)c2ccnc(OCc3ccccc3)c2)C1. The highest BCUT2D eigenvalue weighted by atomic mass is 16.5. The van der Waals surface area contributed by atoms with Crippen molar-refractivity contribution in [2.24, 2.45) is 11.3 Å². The molecule has 6 nitrogen and oxygen atoms in total. The van der Waals surface area contributed by atoms with E-state index >= 15 is 0 Å². The fourth-order valence-electron chi connectivity index (χ4n) is 3.43. The third-order valence-electron chi connectivity index (χ3n) is 5.33. The summed E-state index contributed by atoms with van der Waals surface area (Å²) in [5, 5.41) is 9.66. The molecular formula is C21H24N2O4. The standard InChI is InChI=1S/C21H24N2O4/c1-15(2)21(20(25)26)9-11-23(14-21)19(24)17-8-10-22-18(12-17)27-13-16-6-4-3-5-7-16/h3-8,10,12,15H,9,11,13-14H2,1-2H3,(H,25,26). The van der Waals surface area contributed by atoms with Crippen molar-refractivity contribution in [3.05, 3.63) is 59.8 Å². The molecule has 0 radical (unpaired) electrons. The summed E-state index contributed by atoms with van der Waals surface area (Å²) in [7, 11) is 0. The molecule has 0 bridgehead atoms. The Bertz CT molecular complexity index is 822. The number of pyridine rings is 1. The van der Waals surface area contributed by atoms with Gasteiger partial charge in [0.05, 0.1) is 5.41 Å². The Hall–Kier alpha value is -2.89. The second-order valence-electron chi connectivity index (χ2n) is 7.25. The number of benzene rings is 1. The van der Waals surface area contributed by atoms with E-state index < -0.39 is 11.4 Å². The van der Waals surface area contributed by atoms with Crippen LogP contribution in [0.1, 0.15) is 36.2 Å². The van der Waals surface area contributed by atoms with E-state index in [-0.39, 0.29) is 18.4 Å². The molecule has 1 saturated heterocycles. The van der Waals surface area contributed by atoms with Crippen molar-refractivity contribution >= 4 is 11.9 Å². The number of nitrogens with zero attached hydrogens (tertiary/aromatic N) is 2. The van der Waals surface area contributed by atoms with Gasteiger partial charge in [-0.1, -0.05) is 44.2 Å². The second kappa shape index (κ2) is 7.78. The van der Waals surface area contributed by atoms with Crippen LogP contribution in [0.15, 0.2) is 48.7 Å². The van der Waals surface area contributed by atoms with Crippen molar-refractivity contribution in [1.82, 2.24) is 9.88 Å². The summed E-state index contributed by atoms with van der Waals surface area (Å²) in [6.07, 6.45) is 2.00. The van der Waals surface area contributed by atoms with E-state index in [0.29, 0.717) is 31.0 Å². The quantitative estimate of drug-likeness (QED) is 0.847. The highest BCUT2D eigenvalue weighted by molar-refractivity contribution is 5.95. The number of carbonyl (C=O) groups excluding carboxylic acids is 1. The fraction of sp³-hybridized carbons (Fsp3) is 0.381.